The summed E-state index contributed by atoms with van der Waals surface area (Å²) >= 11 is 0. The molecule has 0 bridgehead atoms. The van der Waals surface area contributed by atoms with Crippen LogP contribution < -0.4 is 0 Å². The Bertz CT molecular complexity index is 676. The average Bonchev–Trinajstić information content (AvgIpc) is 2.38. The fourth-order valence-corrected chi connectivity index (χ4v) is 2.35. The lowest BCUT2D eigenvalue weighted by Gasteiger charge is -2.07. The molecule has 1 aromatic carbocycles. The van der Waals surface area contributed by atoms with Gasteiger partial charge in [0.2, 0.25) is 0 Å². The highest BCUT2D eigenvalue weighted by molar-refractivity contribution is 7.90. The number of aliphatic hydroxyl groups is 1. The molecule has 1 atom stereocenters. The number of aliphatic hydroxyl groups excluding tert-OH is 1. The van der Waals surface area contributed by atoms with Gasteiger partial charge in [-0.3, -0.25) is 4.98 Å². The van der Waals surface area contributed by atoms with Gasteiger partial charge in [0.05, 0.1) is 22.4 Å². The van der Waals surface area contributed by atoms with Gasteiger partial charge < -0.3 is 5.11 Å². The smallest absolute Gasteiger partial charge is 0.175 e. The van der Waals surface area contributed by atoms with Crippen molar-refractivity contribution in [3.05, 3.63) is 48.2 Å². The van der Waals surface area contributed by atoms with Gasteiger partial charge in [0.15, 0.2) is 9.84 Å². The largest absolute Gasteiger partial charge is 0.387 e. The number of benzene rings is 1. The van der Waals surface area contributed by atoms with Crippen molar-refractivity contribution in [3.63, 3.8) is 0 Å². The van der Waals surface area contributed by atoms with E-state index in [4.69, 9.17) is 0 Å². The molecule has 2 rings (SSSR count). The van der Waals surface area contributed by atoms with Crippen LogP contribution in [0.25, 0.3) is 11.3 Å². The minimum absolute atomic E-state index is 0.280. The topological polar surface area (TPSA) is 67.3 Å². The zero-order valence-corrected chi connectivity index (χ0v) is 11.6. The fraction of sp³-hybridized carbons (Fsp3) is 0.214. The quantitative estimate of drug-likeness (QED) is 0.934. The molecule has 4 nitrogen and oxygen atoms in total. The van der Waals surface area contributed by atoms with E-state index >= 15 is 0 Å². The molecule has 0 aliphatic rings. The molecule has 2 aromatic rings. The van der Waals surface area contributed by atoms with Gasteiger partial charge in [-0.15, -0.1) is 0 Å². The number of hydrogen-bond acceptors (Lipinski definition) is 4. The standard InChI is InChI=1S/C14H15NO3S/c1-10(16)13-4-3-5-14(15-13)11-6-8-12(9-7-11)19(2,17)18/h3-10,16H,1-2H3. The second-order valence-corrected chi connectivity index (χ2v) is 6.44. The van der Waals surface area contributed by atoms with Gasteiger partial charge in [-0.25, -0.2) is 8.42 Å². The summed E-state index contributed by atoms with van der Waals surface area (Å²) in [5.41, 5.74) is 2.11. The maximum atomic E-state index is 11.4. The van der Waals surface area contributed by atoms with Gasteiger partial charge >= 0.3 is 0 Å². The lowest BCUT2D eigenvalue weighted by Crippen LogP contribution is -1.98. The van der Waals surface area contributed by atoms with Gasteiger partial charge in [0.1, 0.15) is 0 Å². The van der Waals surface area contributed by atoms with E-state index in [2.05, 4.69) is 4.98 Å². The molecule has 0 saturated carbocycles. The Hall–Kier alpha value is -1.72. The van der Waals surface area contributed by atoms with E-state index in [-0.39, 0.29) is 4.90 Å². The van der Waals surface area contributed by atoms with Crippen molar-refractivity contribution in [2.45, 2.75) is 17.9 Å². The fourth-order valence-electron chi connectivity index (χ4n) is 1.72. The zero-order valence-electron chi connectivity index (χ0n) is 10.7. The number of sulfone groups is 1. The molecule has 0 saturated heterocycles. The molecule has 0 spiro atoms. The Balaban J connectivity index is 2.40. The molecule has 0 fully saturated rings. The monoisotopic (exact) mass is 277 g/mol. The SMILES string of the molecule is CC(O)c1cccc(-c2ccc(S(C)(=O)=O)cc2)n1. The summed E-state index contributed by atoms with van der Waals surface area (Å²) in [6.07, 6.45) is 0.546. The van der Waals surface area contributed by atoms with E-state index in [1.807, 2.05) is 12.1 Å². The number of pyridine rings is 1. The minimum atomic E-state index is -3.18. The maximum absolute atomic E-state index is 11.4. The molecule has 1 aromatic heterocycles. The van der Waals surface area contributed by atoms with Crippen LogP contribution in [0, 0.1) is 0 Å². The summed E-state index contributed by atoms with van der Waals surface area (Å²) in [7, 11) is -3.18. The van der Waals surface area contributed by atoms with Crippen LogP contribution in [0.1, 0.15) is 18.7 Å². The molecule has 0 radical (unpaired) electrons. The predicted molar refractivity (Wildman–Crippen MR) is 73.4 cm³/mol. The normalized spacial score (nSPS) is 13.2. The van der Waals surface area contributed by atoms with Crippen molar-refractivity contribution < 1.29 is 13.5 Å². The van der Waals surface area contributed by atoms with Crippen molar-refractivity contribution in [3.8, 4) is 11.3 Å². The van der Waals surface area contributed by atoms with Crippen LogP contribution >= 0.6 is 0 Å². The lowest BCUT2D eigenvalue weighted by atomic mass is 10.1. The molecule has 1 heterocycles. The van der Waals surface area contributed by atoms with E-state index in [9.17, 15) is 13.5 Å². The Labute approximate surface area is 112 Å². The van der Waals surface area contributed by atoms with Crippen LogP contribution in [-0.4, -0.2) is 24.8 Å². The van der Waals surface area contributed by atoms with Crippen molar-refractivity contribution in [2.75, 3.05) is 6.26 Å². The van der Waals surface area contributed by atoms with E-state index < -0.39 is 15.9 Å². The Morgan fingerprint density at radius 1 is 1.11 bits per heavy atom. The predicted octanol–water partition coefficient (Wildman–Crippen LogP) is 2.21. The van der Waals surface area contributed by atoms with E-state index in [0.717, 1.165) is 5.56 Å². The lowest BCUT2D eigenvalue weighted by molar-refractivity contribution is 0.194. The second kappa shape index (κ2) is 5.11. The minimum Gasteiger partial charge on any atom is -0.387 e. The Kier molecular flexibility index (Phi) is 3.68. The molecule has 0 amide bonds. The van der Waals surface area contributed by atoms with Gasteiger partial charge in [0.25, 0.3) is 0 Å². The molecule has 100 valence electrons. The second-order valence-electron chi connectivity index (χ2n) is 4.42. The highest BCUT2D eigenvalue weighted by Crippen LogP contribution is 2.21. The molecule has 1 unspecified atom stereocenters. The molecular formula is C14H15NO3S. The molecule has 0 aliphatic carbocycles. The van der Waals surface area contributed by atoms with Gasteiger partial charge in [-0.1, -0.05) is 18.2 Å². The molecule has 0 aliphatic heterocycles. The van der Waals surface area contributed by atoms with Crippen LogP contribution in [0.15, 0.2) is 47.4 Å². The van der Waals surface area contributed by atoms with Crippen LogP contribution in [0.5, 0.6) is 0 Å². The van der Waals surface area contributed by atoms with Crippen LogP contribution in [0.3, 0.4) is 0 Å². The number of rotatable bonds is 3. The first-order valence-corrected chi connectivity index (χ1v) is 7.72. The van der Waals surface area contributed by atoms with E-state index in [0.29, 0.717) is 11.4 Å². The summed E-state index contributed by atoms with van der Waals surface area (Å²) in [5, 5.41) is 9.50. The molecule has 5 heteroatoms. The molecular weight excluding hydrogens is 262 g/mol. The van der Waals surface area contributed by atoms with Crippen LogP contribution in [-0.2, 0) is 9.84 Å². The van der Waals surface area contributed by atoms with Crippen molar-refractivity contribution in [1.29, 1.82) is 0 Å². The van der Waals surface area contributed by atoms with Crippen molar-refractivity contribution in [1.82, 2.24) is 4.98 Å². The summed E-state index contributed by atoms with van der Waals surface area (Å²) in [6, 6.07) is 11.9. The third-order valence-electron chi connectivity index (χ3n) is 2.78. The van der Waals surface area contributed by atoms with E-state index in [1.54, 1.807) is 37.3 Å². The van der Waals surface area contributed by atoms with Crippen LogP contribution in [0.2, 0.25) is 0 Å². The molecule has 1 N–H and O–H groups in total. The maximum Gasteiger partial charge on any atom is 0.175 e. The Morgan fingerprint density at radius 3 is 2.26 bits per heavy atom. The first kappa shape index (κ1) is 13.7. The third-order valence-corrected chi connectivity index (χ3v) is 3.91. The summed E-state index contributed by atoms with van der Waals surface area (Å²) in [5.74, 6) is 0. The summed E-state index contributed by atoms with van der Waals surface area (Å²) in [6.45, 7) is 1.65. The van der Waals surface area contributed by atoms with Gasteiger partial charge in [-0.2, -0.15) is 0 Å². The van der Waals surface area contributed by atoms with Gasteiger partial charge in [-0.05, 0) is 31.2 Å². The number of nitrogens with zero attached hydrogens (tertiary/aromatic N) is 1. The molecule has 19 heavy (non-hydrogen) atoms. The van der Waals surface area contributed by atoms with E-state index in [1.165, 1.54) is 6.26 Å². The summed E-state index contributed by atoms with van der Waals surface area (Å²) in [4.78, 5) is 4.62. The number of aromatic nitrogens is 1. The number of hydrogen-bond donors (Lipinski definition) is 1. The third kappa shape index (κ3) is 3.19. The highest BCUT2D eigenvalue weighted by Gasteiger charge is 2.08. The Morgan fingerprint density at radius 2 is 1.74 bits per heavy atom. The average molecular weight is 277 g/mol. The zero-order chi connectivity index (χ0) is 14.0. The summed E-state index contributed by atoms with van der Waals surface area (Å²) < 4.78 is 22.8. The van der Waals surface area contributed by atoms with Crippen molar-refractivity contribution >= 4 is 9.84 Å². The van der Waals surface area contributed by atoms with Crippen LogP contribution in [0.4, 0.5) is 0 Å². The van der Waals surface area contributed by atoms with Gasteiger partial charge in [0, 0.05) is 11.8 Å². The van der Waals surface area contributed by atoms with Crippen molar-refractivity contribution in [2.24, 2.45) is 0 Å². The first-order valence-electron chi connectivity index (χ1n) is 5.83. The first-order chi connectivity index (χ1) is 8.88. The highest BCUT2D eigenvalue weighted by atomic mass is 32.2.